The molecule has 326 valence electrons. The summed E-state index contributed by atoms with van der Waals surface area (Å²) in [6.07, 6.45) is 5.43. The Hall–Kier alpha value is -5.66. The highest BCUT2D eigenvalue weighted by Gasteiger charge is 2.31. The van der Waals surface area contributed by atoms with Crippen LogP contribution in [0, 0.1) is 37.5 Å². The van der Waals surface area contributed by atoms with Crippen molar-refractivity contribution in [3.05, 3.63) is 58.9 Å². The number of carbonyl (C=O) groups excluding carboxylic acids is 4. The van der Waals surface area contributed by atoms with E-state index in [1.807, 2.05) is 21.3 Å². The molecule has 4 rings (SSSR count). The zero-order valence-corrected chi connectivity index (χ0v) is 36.2. The van der Waals surface area contributed by atoms with Crippen LogP contribution < -0.4 is 20.9 Å². The normalized spacial score (nSPS) is 13.7. The maximum atomic E-state index is 13.1. The van der Waals surface area contributed by atoms with Gasteiger partial charge in [-0.15, -0.1) is 0 Å². The fourth-order valence-corrected chi connectivity index (χ4v) is 8.40. The lowest BCUT2D eigenvalue weighted by Gasteiger charge is -2.19. The van der Waals surface area contributed by atoms with E-state index in [9.17, 15) is 39.0 Å². The molecule has 0 saturated heterocycles. The Labute approximate surface area is 351 Å². The van der Waals surface area contributed by atoms with E-state index in [2.05, 4.69) is 13.8 Å². The minimum absolute atomic E-state index is 0.138. The number of carboxylic acid groups (broad SMARTS) is 2. The van der Waals surface area contributed by atoms with E-state index in [0.29, 0.717) is 58.1 Å². The van der Waals surface area contributed by atoms with Crippen molar-refractivity contribution in [3.63, 3.8) is 0 Å². The third-order valence-corrected chi connectivity index (χ3v) is 11.4. The Morgan fingerprint density at radius 3 is 1.30 bits per heavy atom. The van der Waals surface area contributed by atoms with Crippen molar-refractivity contribution < 1.29 is 48.5 Å². The van der Waals surface area contributed by atoms with Gasteiger partial charge in [0.1, 0.15) is 11.5 Å². The van der Waals surface area contributed by atoms with Gasteiger partial charge in [-0.25, -0.2) is 9.59 Å². The Morgan fingerprint density at radius 1 is 0.583 bits per heavy atom. The van der Waals surface area contributed by atoms with Gasteiger partial charge in [-0.1, -0.05) is 85.8 Å². The highest BCUT2D eigenvalue weighted by atomic mass is 16.5. The molecule has 0 fully saturated rings. The standard InChI is InChI=1S/C46H62N4O10/c1-25(2)41(45(55)56)59-33-20-14-18-31-37(33)35(39(51)43(47)53)29(7)49(31)22-12-9-10-16-27(5)24-28(6)17-11-13-23-50-30(8)36(40(52)44(48)54)38-32(50)19-15-21-34(38)60-42(26(3)4)46(57)58/h14-15,18-21,25-28,41-42H,9-13,16-17,22-24H2,1-8H3,(H2,47,53)(H2,48,54)(H,55,56)(H,57,58). The summed E-state index contributed by atoms with van der Waals surface area (Å²) in [5.74, 6) is -5.36. The maximum Gasteiger partial charge on any atom is 0.345 e. The number of aromatic nitrogens is 2. The molecule has 0 saturated carbocycles. The van der Waals surface area contributed by atoms with Crippen LogP contribution in [0.3, 0.4) is 0 Å². The minimum atomic E-state index is -1.14. The number of nitrogens with two attached hydrogens (primary N) is 2. The number of hydrogen-bond donors (Lipinski definition) is 4. The number of benzene rings is 2. The van der Waals surface area contributed by atoms with E-state index >= 15 is 0 Å². The molecule has 4 atom stereocenters. The molecule has 2 heterocycles. The molecular formula is C46H62N4O10. The number of unbranched alkanes of at least 4 members (excludes halogenated alkanes) is 3. The first-order valence-corrected chi connectivity index (χ1v) is 21.0. The maximum absolute atomic E-state index is 13.1. The Morgan fingerprint density at radius 2 is 0.950 bits per heavy atom. The molecule has 0 bridgehead atoms. The summed E-state index contributed by atoms with van der Waals surface area (Å²) in [6, 6.07) is 10.4. The Balaban J connectivity index is 1.34. The molecule has 14 nitrogen and oxygen atoms in total. The van der Waals surface area contributed by atoms with Crippen LogP contribution >= 0.6 is 0 Å². The number of nitrogens with zero attached hydrogens (tertiary/aromatic N) is 2. The van der Waals surface area contributed by atoms with Crippen molar-refractivity contribution in [2.45, 2.75) is 132 Å². The van der Waals surface area contributed by atoms with Gasteiger partial charge in [-0.2, -0.15) is 0 Å². The average molecular weight is 831 g/mol. The Kier molecular flexibility index (Phi) is 16.1. The highest BCUT2D eigenvalue weighted by molar-refractivity contribution is 6.45. The first-order chi connectivity index (χ1) is 28.3. The average Bonchev–Trinajstić information content (AvgIpc) is 3.62. The third kappa shape index (κ3) is 10.7. The van der Waals surface area contributed by atoms with Crippen LogP contribution in [0.1, 0.15) is 125 Å². The van der Waals surface area contributed by atoms with Crippen LogP contribution in [-0.4, -0.2) is 66.9 Å². The van der Waals surface area contributed by atoms with Gasteiger partial charge in [0.05, 0.1) is 32.9 Å². The molecule has 6 N–H and O–H groups in total. The van der Waals surface area contributed by atoms with Crippen molar-refractivity contribution in [2.75, 3.05) is 0 Å². The van der Waals surface area contributed by atoms with Gasteiger partial charge in [0.25, 0.3) is 23.4 Å². The number of ketones is 2. The first kappa shape index (κ1) is 47.0. The monoisotopic (exact) mass is 830 g/mol. The first-order valence-electron chi connectivity index (χ1n) is 21.0. The zero-order chi connectivity index (χ0) is 44.6. The lowest BCUT2D eigenvalue weighted by Crippen LogP contribution is -2.32. The molecule has 2 aromatic carbocycles. The van der Waals surface area contributed by atoms with Crippen LogP contribution in [0.5, 0.6) is 11.5 Å². The molecule has 60 heavy (non-hydrogen) atoms. The number of primary amides is 2. The molecule has 0 aliphatic rings. The minimum Gasteiger partial charge on any atom is -0.478 e. The number of fused-ring (bicyclic) bond motifs is 2. The second-order valence-corrected chi connectivity index (χ2v) is 16.9. The smallest absolute Gasteiger partial charge is 0.345 e. The van der Waals surface area contributed by atoms with Gasteiger partial charge in [0.15, 0.2) is 12.2 Å². The van der Waals surface area contributed by atoms with Crippen LogP contribution in [-0.2, 0) is 32.3 Å². The van der Waals surface area contributed by atoms with Crippen LogP contribution in [0.15, 0.2) is 36.4 Å². The van der Waals surface area contributed by atoms with Crippen molar-refractivity contribution >= 4 is 57.1 Å². The number of carboxylic acids is 2. The molecule has 2 amide bonds. The summed E-state index contributed by atoms with van der Waals surface area (Å²) in [4.78, 5) is 74.2. The second kappa shape index (κ2) is 20.5. The predicted molar refractivity (Wildman–Crippen MR) is 229 cm³/mol. The fraction of sp³-hybridized carbons (Fsp3) is 0.522. The van der Waals surface area contributed by atoms with Crippen molar-refractivity contribution in [3.8, 4) is 11.5 Å². The van der Waals surface area contributed by atoms with E-state index in [4.69, 9.17) is 20.9 Å². The molecular weight excluding hydrogens is 769 g/mol. The van der Waals surface area contributed by atoms with E-state index in [1.165, 1.54) is 0 Å². The number of rotatable bonds is 25. The molecule has 0 spiro atoms. The summed E-state index contributed by atoms with van der Waals surface area (Å²) in [5.41, 5.74) is 13.7. The zero-order valence-electron chi connectivity index (χ0n) is 36.2. The lowest BCUT2D eigenvalue weighted by molar-refractivity contribution is -0.147. The fourth-order valence-electron chi connectivity index (χ4n) is 8.40. The van der Waals surface area contributed by atoms with Gasteiger partial charge in [0, 0.05) is 36.3 Å². The number of ether oxygens (including phenoxy) is 2. The molecule has 0 radical (unpaired) electrons. The van der Waals surface area contributed by atoms with Gasteiger partial charge >= 0.3 is 11.9 Å². The van der Waals surface area contributed by atoms with Crippen LogP contribution in [0.4, 0.5) is 0 Å². The summed E-state index contributed by atoms with van der Waals surface area (Å²) >= 11 is 0. The number of amides is 2. The molecule has 14 heteroatoms. The van der Waals surface area contributed by atoms with Crippen molar-refractivity contribution in [2.24, 2.45) is 35.1 Å². The third-order valence-electron chi connectivity index (χ3n) is 11.4. The molecule has 0 aliphatic carbocycles. The van der Waals surface area contributed by atoms with Gasteiger partial charge < -0.3 is 40.3 Å². The van der Waals surface area contributed by atoms with Gasteiger partial charge in [-0.3, -0.25) is 19.2 Å². The highest BCUT2D eigenvalue weighted by Crippen LogP contribution is 2.37. The van der Waals surface area contributed by atoms with E-state index in [-0.39, 0.29) is 34.5 Å². The van der Waals surface area contributed by atoms with Gasteiger partial charge in [-0.05, 0) is 69.2 Å². The predicted octanol–water partition coefficient (Wildman–Crippen LogP) is 7.62. The molecule has 2 aromatic heterocycles. The quantitative estimate of drug-likeness (QED) is 0.0290. The number of carbonyl (C=O) groups is 6. The van der Waals surface area contributed by atoms with E-state index in [1.54, 1.807) is 65.8 Å². The van der Waals surface area contributed by atoms with E-state index in [0.717, 1.165) is 51.4 Å². The summed E-state index contributed by atoms with van der Waals surface area (Å²) in [5, 5.41) is 20.3. The second-order valence-electron chi connectivity index (χ2n) is 16.9. The Bertz CT molecular complexity index is 2230. The van der Waals surface area contributed by atoms with Crippen LogP contribution in [0.25, 0.3) is 21.8 Å². The molecule has 0 aliphatic heterocycles. The topological polar surface area (TPSA) is 223 Å². The number of hydrogen-bond acceptors (Lipinski definition) is 8. The largest absolute Gasteiger partial charge is 0.478 e. The summed E-state index contributed by atoms with van der Waals surface area (Å²) in [7, 11) is 0. The SMILES string of the molecule is Cc1c(C(=O)C(N)=O)c2c(OC(C(=O)O)C(C)C)cccc2n1CCCCCC(C)CC(C)CCCCn1c(C)c(C(=O)C(N)=O)c2c(OC(C(=O)O)C(C)C)cccc21. The number of aliphatic carboxylic acids is 2. The molecule has 4 aromatic rings. The van der Waals surface area contributed by atoms with Crippen LogP contribution in [0.2, 0.25) is 0 Å². The lowest BCUT2D eigenvalue weighted by atomic mass is 9.90. The number of Topliss-reactive ketones (excluding diaryl/α,β-unsaturated/α-hetero) is 2. The van der Waals surface area contributed by atoms with E-state index < -0.39 is 47.5 Å². The van der Waals surface area contributed by atoms with Crippen molar-refractivity contribution in [1.82, 2.24) is 9.13 Å². The van der Waals surface area contributed by atoms with Crippen molar-refractivity contribution in [1.29, 1.82) is 0 Å². The summed E-state index contributed by atoms with van der Waals surface area (Å²) in [6.45, 7) is 16.2. The molecule has 4 unspecified atom stereocenters. The van der Waals surface area contributed by atoms with Gasteiger partial charge in [0.2, 0.25) is 0 Å². The number of aryl methyl sites for hydroxylation is 2. The summed E-state index contributed by atoms with van der Waals surface area (Å²) < 4.78 is 15.9.